The van der Waals surface area contributed by atoms with Gasteiger partial charge in [0, 0.05) is 33.8 Å². The van der Waals surface area contributed by atoms with Crippen LogP contribution in [0.1, 0.15) is 50.6 Å². The average Bonchev–Trinajstić information content (AvgIpc) is 3.40. The van der Waals surface area contributed by atoms with Crippen LogP contribution in [0.25, 0.3) is 43.8 Å². The molecule has 0 aliphatic rings. The monoisotopic (exact) mass is 594 g/mol. The Morgan fingerprint density at radius 1 is 1.05 bits per heavy atom. The maximum absolute atomic E-state index is 13.5. The highest BCUT2D eigenvalue weighted by Crippen LogP contribution is 2.31. The molecule has 0 unspecified atom stereocenters. The van der Waals surface area contributed by atoms with Gasteiger partial charge in [-0.1, -0.05) is 48.6 Å². The number of carbonyl (C=O) groups is 1. The first-order valence-electron chi connectivity index (χ1n) is 14.7. The topological polar surface area (TPSA) is 155 Å². The van der Waals surface area contributed by atoms with E-state index in [-0.39, 0.29) is 17.6 Å². The molecular weight excluding hydrogens is 560 g/mol. The molecule has 0 aliphatic carbocycles. The summed E-state index contributed by atoms with van der Waals surface area (Å²) in [5.74, 6) is -0.205. The number of benzene rings is 3. The Bertz CT molecular complexity index is 1860. The lowest BCUT2D eigenvalue weighted by Crippen LogP contribution is -2.29. The Morgan fingerprint density at radius 3 is 2.59 bits per heavy atom. The molecule has 0 fully saturated rings. The van der Waals surface area contributed by atoms with Gasteiger partial charge < -0.3 is 19.6 Å². The zero-order valence-electron chi connectivity index (χ0n) is 24.5. The van der Waals surface area contributed by atoms with Gasteiger partial charge in [0.1, 0.15) is 35.0 Å². The van der Waals surface area contributed by atoms with E-state index in [9.17, 15) is 14.7 Å². The maximum atomic E-state index is 13.5. The number of aromatic nitrogens is 2. The summed E-state index contributed by atoms with van der Waals surface area (Å²) in [7, 11) is 0. The first kappa shape index (κ1) is 30.2. The molecule has 5 rings (SSSR count). The summed E-state index contributed by atoms with van der Waals surface area (Å²) in [6.45, 7) is 2.51. The lowest BCUT2D eigenvalue weighted by molar-refractivity contribution is -0.137. The lowest BCUT2D eigenvalue weighted by atomic mass is 10.0. The third-order valence-electron chi connectivity index (χ3n) is 7.46. The van der Waals surface area contributed by atoms with Crippen molar-refractivity contribution in [2.75, 3.05) is 18.5 Å². The molecule has 226 valence electrons. The molecule has 0 bridgehead atoms. The van der Waals surface area contributed by atoms with Gasteiger partial charge >= 0.3 is 5.97 Å². The number of unbranched alkanes of at least 4 members (excludes halogenated alkanes) is 4. The smallest absolute Gasteiger partial charge is 0.323 e. The molecule has 3 aromatic carbocycles. The van der Waals surface area contributed by atoms with Crippen molar-refractivity contribution < 1.29 is 19.1 Å². The molecule has 2 aromatic heterocycles. The van der Waals surface area contributed by atoms with Crippen molar-refractivity contribution in [2.45, 2.75) is 51.6 Å². The maximum Gasteiger partial charge on any atom is 0.323 e. The minimum Gasteiger partial charge on any atom is -0.494 e. The number of ether oxygens (including phenoxy) is 1. The number of aliphatic carboxylic acids is 1. The van der Waals surface area contributed by atoms with Crippen molar-refractivity contribution in [3.8, 4) is 17.1 Å². The molecule has 2 heterocycles. The van der Waals surface area contributed by atoms with Gasteiger partial charge in [0.2, 0.25) is 0 Å². The summed E-state index contributed by atoms with van der Waals surface area (Å²) in [6, 6.07) is 20.6. The fourth-order valence-corrected chi connectivity index (χ4v) is 5.18. The van der Waals surface area contributed by atoms with E-state index in [1.54, 1.807) is 24.3 Å². The standard InChI is InChI=1S/C33H34N6O5/c1-22(24-13-16-30-27(19-24)26-9-5-6-10-29(26)44-30)37-28-20-35-32(39(33(28)42)21-31(40)41)23-11-14-25(15-12-23)43-18-8-4-2-3-7-17-36-38-34/h5-6,9-16,19-20,22,37H,2-4,7-8,17-18,21H2,1H3,(H,40,41)/t22-/m1/s1. The van der Waals surface area contributed by atoms with Crippen LogP contribution in [0.4, 0.5) is 5.69 Å². The fraction of sp³-hybridized carbons (Fsp3) is 0.303. The quantitative estimate of drug-likeness (QED) is 0.0544. The predicted molar refractivity (Wildman–Crippen MR) is 170 cm³/mol. The van der Waals surface area contributed by atoms with Gasteiger partial charge in [0.05, 0.1) is 12.8 Å². The Morgan fingerprint density at radius 2 is 1.80 bits per heavy atom. The predicted octanol–water partition coefficient (Wildman–Crippen LogP) is 7.71. The summed E-state index contributed by atoms with van der Waals surface area (Å²) >= 11 is 0. The third-order valence-corrected chi connectivity index (χ3v) is 7.46. The summed E-state index contributed by atoms with van der Waals surface area (Å²) in [6.07, 6.45) is 6.34. The van der Waals surface area contributed by atoms with E-state index < -0.39 is 18.1 Å². The van der Waals surface area contributed by atoms with Gasteiger partial charge in [-0.25, -0.2) is 4.98 Å². The van der Waals surface area contributed by atoms with Crippen LogP contribution in [-0.2, 0) is 11.3 Å². The van der Waals surface area contributed by atoms with Crippen LogP contribution in [0.15, 0.2) is 87.3 Å². The van der Waals surface area contributed by atoms with Gasteiger partial charge in [-0.2, -0.15) is 0 Å². The molecule has 0 amide bonds. The number of para-hydroxylation sites is 1. The van der Waals surface area contributed by atoms with Gasteiger partial charge in [-0.15, -0.1) is 0 Å². The van der Waals surface area contributed by atoms with Crippen molar-refractivity contribution in [3.63, 3.8) is 0 Å². The Balaban J connectivity index is 1.27. The molecule has 0 aliphatic heterocycles. The summed E-state index contributed by atoms with van der Waals surface area (Å²) < 4.78 is 12.9. The highest BCUT2D eigenvalue weighted by molar-refractivity contribution is 6.05. The molecule has 0 spiro atoms. The molecule has 44 heavy (non-hydrogen) atoms. The number of furan rings is 1. The number of hydrogen-bond acceptors (Lipinski definition) is 7. The number of carboxylic acid groups (broad SMARTS) is 1. The van der Waals surface area contributed by atoms with Crippen molar-refractivity contribution >= 4 is 33.6 Å². The molecule has 11 nitrogen and oxygen atoms in total. The summed E-state index contributed by atoms with van der Waals surface area (Å²) in [4.78, 5) is 32.5. The van der Waals surface area contributed by atoms with Crippen molar-refractivity contribution in [2.24, 2.45) is 5.11 Å². The Labute approximate surface area is 253 Å². The molecule has 0 radical (unpaired) electrons. The average molecular weight is 595 g/mol. The first-order valence-corrected chi connectivity index (χ1v) is 14.7. The van der Waals surface area contributed by atoms with Crippen LogP contribution in [0.5, 0.6) is 5.75 Å². The van der Waals surface area contributed by atoms with Crippen LogP contribution < -0.4 is 15.6 Å². The second-order valence-corrected chi connectivity index (χ2v) is 10.6. The summed E-state index contributed by atoms with van der Waals surface area (Å²) in [5, 5.41) is 18.3. The third kappa shape index (κ3) is 7.19. The number of fused-ring (bicyclic) bond motifs is 3. The fourth-order valence-electron chi connectivity index (χ4n) is 5.18. The van der Waals surface area contributed by atoms with Gasteiger partial charge in [0.15, 0.2) is 0 Å². The number of nitrogens with zero attached hydrogens (tertiary/aromatic N) is 5. The molecule has 11 heteroatoms. The molecule has 0 saturated carbocycles. The van der Waals surface area contributed by atoms with E-state index in [2.05, 4.69) is 20.3 Å². The number of carboxylic acids is 1. The van der Waals surface area contributed by atoms with E-state index in [4.69, 9.17) is 14.7 Å². The number of rotatable bonds is 15. The zero-order valence-corrected chi connectivity index (χ0v) is 24.5. The Kier molecular flexibility index (Phi) is 9.78. The number of azide groups is 1. The van der Waals surface area contributed by atoms with Crippen LogP contribution in [0.3, 0.4) is 0 Å². The normalized spacial score (nSPS) is 11.8. The van der Waals surface area contributed by atoms with E-state index in [0.717, 1.165) is 59.6 Å². The minimum absolute atomic E-state index is 0.206. The van der Waals surface area contributed by atoms with Crippen LogP contribution in [-0.4, -0.2) is 33.8 Å². The lowest BCUT2D eigenvalue weighted by Gasteiger charge is -2.18. The second kappa shape index (κ2) is 14.3. The van der Waals surface area contributed by atoms with Crippen molar-refractivity contribution in [1.29, 1.82) is 0 Å². The van der Waals surface area contributed by atoms with Crippen molar-refractivity contribution in [3.05, 3.63) is 99.3 Å². The van der Waals surface area contributed by atoms with E-state index in [1.165, 1.54) is 10.8 Å². The van der Waals surface area contributed by atoms with Gasteiger partial charge in [-0.3, -0.25) is 14.2 Å². The van der Waals surface area contributed by atoms with E-state index in [0.29, 0.717) is 24.5 Å². The largest absolute Gasteiger partial charge is 0.494 e. The first-order chi connectivity index (χ1) is 21.4. The molecule has 1 atom stereocenters. The minimum atomic E-state index is -1.14. The van der Waals surface area contributed by atoms with Crippen LogP contribution in [0.2, 0.25) is 0 Å². The van der Waals surface area contributed by atoms with Gasteiger partial charge in [0.25, 0.3) is 5.56 Å². The highest BCUT2D eigenvalue weighted by atomic mass is 16.5. The summed E-state index contributed by atoms with van der Waals surface area (Å²) in [5.41, 5.74) is 11.2. The van der Waals surface area contributed by atoms with Crippen LogP contribution in [0, 0.1) is 0 Å². The van der Waals surface area contributed by atoms with E-state index >= 15 is 0 Å². The highest BCUT2D eigenvalue weighted by Gasteiger charge is 2.17. The van der Waals surface area contributed by atoms with Crippen LogP contribution >= 0.6 is 0 Å². The molecular formula is C33H34N6O5. The SMILES string of the molecule is C[C@@H](Nc1cnc(-c2ccc(OCCCCCCCN=[N+]=[N-])cc2)n(CC(=O)O)c1=O)c1ccc2oc3ccccc3c2c1. The van der Waals surface area contributed by atoms with Gasteiger partial charge in [-0.05, 0) is 73.3 Å². The number of anilines is 1. The molecule has 0 saturated heterocycles. The molecule has 5 aromatic rings. The molecule has 2 N–H and O–H groups in total. The van der Waals surface area contributed by atoms with E-state index in [1.807, 2.05) is 49.4 Å². The second-order valence-electron chi connectivity index (χ2n) is 10.6. The number of hydrogen-bond donors (Lipinski definition) is 2. The number of nitrogens with one attached hydrogen (secondary N) is 1. The zero-order chi connectivity index (χ0) is 30.9. The van der Waals surface area contributed by atoms with Crippen molar-refractivity contribution in [1.82, 2.24) is 9.55 Å². The Hall–Kier alpha value is -5.28.